The number of amides is 4. The van der Waals surface area contributed by atoms with Crippen LogP contribution in [0.3, 0.4) is 0 Å². The molecular weight excluding hydrogens is 678 g/mol. The van der Waals surface area contributed by atoms with Crippen LogP contribution < -0.4 is 20.8 Å². The van der Waals surface area contributed by atoms with E-state index >= 15 is 0 Å². The maximum absolute atomic E-state index is 14.3. The average molecular weight is 722 g/mol. The highest BCUT2D eigenvalue weighted by Crippen LogP contribution is 2.44. The van der Waals surface area contributed by atoms with Crippen molar-refractivity contribution in [3.63, 3.8) is 0 Å². The molecule has 6 rings (SSSR count). The molecule has 1 heterocycles. The van der Waals surface area contributed by atoms with E-state index in [0.717, 1.165) is 22.3 Å². The number of nitrogens with zero attached hydrogens (tertiary/aromatic N) is 2. The standard InChI is InChI=1S/C41H44ClN5O5/c1-41(2,3)36(45-42)39(50)46-22-8-13-35(46)38(49)47(29-20-18-28(19-21-29)37(43)48)24-27-16-14-26(15-17-27)23-44-40(51)52-25-34-32-11-6-4-9-30(32)31-10-5-7-12-33(31)34/h4-7,9-12,14-21,34-36,45H,8,13,22-25H2,1-3H3,(H2,43,48)(H,44,51)/t35-,36+/m0/s1. The van der Waals surface area contributed by atoms with Crippen LogP contribution in [-0.2, 0) is 27.4 Å². The number of likely N-dealkylation sites (tertiary alicyclic amines) is 1. The molecule has 1 fully saturated rings. The van der Waals surface area contributed by atoms with Crippen molar-refractivity contribution in [2.75, 3.05) is 18.1 Å². The van der Waals surface area contributed by atoms with Crippen molar-refractivity contribution in [3.05, 3.63) is 125 Å². The predicted octanol–water partition coefficient (Wildman–Crippen LogP) is 6.51. The number of ether oxygens (including phenoxy) is 1. The van der Waals surface area contributed by atoms with E-state index in [1.54, 1.807) is 34.1 Å². The van der Waals surface area contributed by atoms with Gasteiger partial charge in [0, 0.05) is 30.3 Å². The highest BCUT2D eigenvalue weighted by atomic mass is 35.5. The first-order chi connectivity index (χ1) is 25.0. The maximum atomic E-state index is 14.3. The zero-order chi connectivity index (χ0) is 37.0. The molecule has 1 saturated heterocycles. The fourth-order valence-corrected chi connectivity index (χ4v) is 7.51. The second-order valence-corrected chi connectivity index (χ2v) is 14.6. The number of carbonyl (C=O) groups excluding carboxylic acids is 4. The number of rotatable bonds is 11. The summed E-state index contributed by atoms with van der Waals surface area (Å²) in [5.74, 6) is -1.06. The first kappa shape index (κ1) is 36.6. The molecule has 52 heavy (non-hydrogen) atoms. The molecule has 1 aliphatic heterocycles. The lowest BCUT2D eigenvalue weighted by molar-refractivity contribution is -0.140. The highest BCUT2D eigenvalue weighted by molar-refractivity contribution is 6.15. The molecule has 11 heteroatoms. The zero-order valence-corrected chi connectivity index (χ0v) is 30.4. The number of carbonyl (C=O) groups is 4. The number of benzene rings is 4. The number of alkyl carbamates (subject to hydrolysis) is 1. The van der Waals surface area contributed by atoms with Gasteiger partial charge in [0.15, 0.2) is 0 Å². The Morgan fingerprint density at radius 2 is 1.48 bits per heavy atom. The summed E-state index contributed by atoms with van der Waals surface area (Å²) in [5, 5.41) is 2.85. The normalized spacial score (nSPS) is 15.8. The van der Waals surface area contributed by atoms with Crippen LogP contribution >= 0.6 is 11.8 Å². The third kappa shape index (κ3) is 7.83. The SMILES string of the molecule is CC(C)(C)[C@H](NCl)C(=O)N1CCC[C@H]1C(=O)N(Cc1ccc(CNC(=O)OCC2c3ccccc3-c3ccccc32)cc1)c1ccc(C(N)=O)cc1. The van der Waals surface area contributed by atoms with Crippen molar-refractivity contribution >= 4 is 41.3 Å². The Balaban J connectivity index is 1.12. The lowest BCUT2D eigenvalue weighted by Gasteiger charge is -2.35. The number of nitrogens with one attached hydrogen (secondary N) is 2. The Hall–Kier alpha value is -5.19. The van der Waals surface area contributed by atoms with Gasteiger partial charge in [-0.2, -0.15) is 0 Å². The van der Waals surface area contributed by atoms with E-state index in [1.165, 1.54) is 11.1 Å². The summed E-state index contributed by atoms with van der Waals surface area (Å²) < 4.78 is 5.69. The summed E-state index contributed by atoms with van der Waals surface area (Å²) in [7, 11) is 0. The van der Waals surface area contributed by atoms with Crippen LogP contribution in [-0.4, -0.2) is 54.0 Å². The molecule has 0 radical (unpaired) electrons. The molecule has 270 valence electrons. The molecule has 0 bridgehead atoms. The largest absolute Gasteiger partial charge is 0.449 e. The van der Waals surface area contributed by atoms with E-state index in [0.29, 0.717) is 30.6 Å². The van der Waals surface area contributed by atoms with Crippen LogP contribution in [0.15, 0.2) is 97.1 Å². The summed E-state index contributed by atoms with van der Waals surface area (Å²) in [6.07, 6.45) is 0.692. The number of primary amides is 1. The van der Waals surface area contributed by atoms with Gasteiger partial charge in [0.05, 0.1) is 6.54 Å². The van der Waals surface area contributed by atoms with Crippen LogP contribution in [0.4, 0.5) is 10.5 Å². The summed E-state index contributed by atoms with van der Waals surface area (Å²) in [5.41, 5.74) is 12.2. The Morgan fingerprint density at radius 3 is 2.06 bits per heavy atom. The monoisotopic (exact) mass is 721 g/mol. The maximum Gasteiger partial charge on any atom is 0.407 e. The minimum atomic E-state index is -0.682. The van der Waals surface area contributed by atoms with Crippen LogP contribution in [0.5, 0.6) is 0 Å². The molecule has 1 aliphatic carbocycles. The Kier molecular flexibility index (Phi) is 11.0. The van der Waals surface area contributed by atoms with Crippen LogP contribution in [0.25, 0.3) is 11.1 Å². The first-order valence-corrected chi connectivity index (χ1v) is 17.9. The summed E-state index contributed by atoms with van der Waals surface area (Å²) in [6.45, 7) is 6.90. The quantitative estimate of drug-likeness (QED) is 0.151. The molecule has 0 aromatic heterocycles. The lowest BCUT2D eigenvalue weighted by atomic mass is 9.86. The number of anilines is 1. The van der Waals surface area contributed by atoms with Gasteiger partial charge in [-0.1, -0.05) is 93.6 Å². The fourth-order valence-electron chi connectivity index (χ4n) is 7.08. The van der Waals surface area contributed by atoms with Gasteiger partial charge >= 0.3 is 6.09 Å². The minimum Gasteiger partial charge on any atom is -0.449 e. The van der Waals surface area contributed by atoms with Crippen LogP contribution in [0.2, 0.25) is 0 Å². The van der Waals surface area contributed by atoms with E-state index in [-0.39, 0.29) is 37.4 Å². The van der Waals surface area contributed by atoms with Crippen molar-refractivity contribution in [2.24, 2.45) is 11.1 Å². The van der Waals surface area contributed by atoms with Gasteiger partial charge in [0.25, 0.3) is 0 Å². The van der Waals surface area contributed by atoms with Gasteiger partial charge in [0.2, 0.25) is 17.7 Å². The van der Waals surface area contributed by atoms with E-state index in [2.05, 4.69) is 34.4 Å². The number of hydrogen-bond acceptors (Lipinski definition) is 6. The smallest absolute Gasteiger partial charge is 0.407 e. The molecule has 4 N–H and O–H groups in total. The van der Waals surface area contributed by atoms with E-state index in [4.69, 9.17) is 22.2 Å². The molecule has 0 unspecified atom stereocenters. The molecule has 10 nitrogen and oxygen atoms in total. The Bertz CT molecular complexity index is 1900. The van der Waals surface area contributed by atoms with Gasteiger partial charge in [-0.25, -0.2) is 9.63 Å². The molecule has 4 aromatic rings. The van der Waals surface area contributed by atoms with Crippen LogP contribution in [0.1, 0.15) is 72.1 Å². The molecule has 2 atom stereocenters. The van der Waals surface area contributed by atoms with Crippen LogP contribution in [0, 0.1) is 5.41 Å². The molecular formula is C41H44ClN5O5. The van der Waals surface area contributed by atoms with E-state index in [1.807, 2.05) is 69.3 Å². The summed E-state index contributed by atoms with van der Waals surface area (Å²) in [4.78, 5) is 58.4. The van der Waals surface area contributed by atoms with Gasteiger partial charge in [-0.05, 0) is 87.7 Å². The van der Waals surface area contributed by atoms with Crippen molar-refractivity contribution < 1.29 is 23.9 Å². The topological polar surface area (TPSA) is 134 Å². The van der Waals surface area contributed by atoms with Crippen molar-refractivity contribution in [2.45, 2.75) is 64.7 Å². The zero-order valence-electron chi connectivity index (χ0n) is 29.6. The van der Waals surface area contributed by atoms with Crippen molar-refractivity contribution in [1.29, 1.82) is 0 Å². The second kappa shape index (κ2) is 15.6. The van der Waals surface area contributed by atoms with E-state index < -0.39 is 29.5 Å². The third-order valence-electron chi connectivity index (χ3n) is 9.92. The third-order valence-corrected chi connectivity index (χ3v) is 10.1. The second-order valence-electron chi connectivity index (χ2n) is 14.4. The number of halogens is 1. The van der Waals surface area contributed by atoms with Gasteiger partial charge in [0.1, 0.15) is 18.7 Å². The van der Waals surface area contributed by atoms with Gasteiger partial charge < -0.3 is 25.6 Å². The molecule has 2 aliphatic rings. The summed E-state index contributed by atoms with van der Waals surface area (Å²) in [6, 6.07) is 29.2. The van der Waals surface area contributed by atoms with Gasteiger partial charge in [-0.3, -0.25) is 14.4 Å². The van der Waals surface area contributed by atoms with Crippen molar-refractivity contribution in [3.8, 4) is 11.1 Å². The average Bonchev–Trinajstić information content (AvgIpc) is 3.76. The van der Waals surface area contributed by atoms with E-state index in [9.17, 15) is 19.2 Å². The highest BCUT2D eigenvalue weighted by Gasteiger charge is 2.42. The molecule has 4 amide bonds. The lowest BCUT2D eigenvalue weighted by Crippen LogP contribution is -2.55. The number of hydrogen-bond donors (Lipinski definition) is 3. The number of fused-ring (bicyclic) bond motifs is 3. The predicted molar refractivity (Wildman–Crippen MR) is 201 cm³/mol. The van der Waals surface area contributed by atoms with Gasteiger partial charge in [-0.15, -0.1) is 0 Å². The van der Waals surface area contributed by atoms with Crippen molar-refractivity contribution in [1.82, 2.24) is 15.1 Å². The molecule has 4 aromatic carbocycles. The summed E-state index contributed by atoms with van der Waals surface area (Å²) >= 11 is 6.03. The minimum absolute atomic E-state index is 0.0265. The Morgan fingerprint density at radius 1 is 0.885 bits per heavy atom. The molecule has 0 spiro atoms. The molecule has 0 saturated carbocycles. The number of nitrogens with two attached hydrogens (primary N) is 1. The fraction of sp³-hybridized carbons (Fsp3) is 0.317. The first-order valence-electron chi connectivity index (χ1n) is 17.5. The Labute approximate surface area is 309 Å².